The van der Waals surface area contributed by atoms with Gasteiger partial charge >= 0.3 is 5.97 Å². The summed E-state index contributed by atoms with van der Waals surface area (Å²) in [7, 11) is 0. The Labute approximate surface area is 154 Å². The maximum Gasteiger partial charge on any atom is 0.307 e. The zero-order valence-corrected chi connectivity index (χ0v) is 14.3. The number of H-pyrrole nitrogens is 1. The number of carbonyl (C=O) groups is 1. The molecule has 4 rings (SSSR count). The number of hydrogen-bond acceptors (Lipinski definition) is 2. The summed E-state index contributed by atoms with van der Waals surface area (Å²) in [5.41, 5.74) is 2.07. The SMILES string of the molecule is O=C(O)Cc1c(-c2ccccc2F)[nH]c2ccc(Oc3ccccc3)cc12. The molecule has 0 radical (unpaired) electrons. The van der Waals surface area contributed by atoms with Crippen molar-refractivity contribution in [2.24, 2.45) is 0 Å². The monoisotopic (exact) mass is 361 g/mol. The molecule has 5 heteroatoms. The van der Waals surface area contributed by atoms with E-state index in [4.69, 9.17) is 4.74 Å². The van der Waals surface area contributed by atoms with Gasteiger partial charge in [0.05, 0.1) is 12.1 Å². The van der Waals surface area contributed by atoms with Crippen LogP contribution in [0.5, 0.6) is 11.5 Å². The Morgan fingerprint density at radius 3 is 2.44 bits per heavy atom. The summed E-state index contributed by atoms with van der Waals surface area (Å²) in [6, 6.07) is 21.0. The van der Waals surface area contributed by atoms with E-state index in [0.29, 0.717) is 33.7 Å². The predicted molar refractivity (Wildman–Crippen MR) is 102 cm³/mol. The number of aromatic amines is 1. The number of rotatable bonds is 5. The first-order valence-corrected chi connectivity index (χ1v) is 8.46. The number of aliphatic carboxylic acids is 1. The minimum Gasteiger partial charge on any atom is -0.481 e. The van der Waals surface area contributed by atoms with E-state index in [1.165, 1.54) is 6.07 Å². The Balaban J connectivity index is 1.85. The molecule has 0 amide bonds. The van der Waals surface area contributed by atoms with Crippen molar-refractivity contribution in [3.8, 4) is 22.8 Å². The highest BCUT2D eigenvalue weighted by atomic mass is 19.1. The van der Waals surface area contributed by atoms with Crippen LogP contribution in [0.3, 0.4) is 0 Å². The average molecular weight is 361 g/mol. The van der Waals surface area contributed by atoms with Gasteiger partial charge in [0, 0.05) is 16.5 Å². The van der Waals surface area contributed by atoms with Crippen LogP contribution in [0.25, 0.3) is 22.2 Å². The molecule has 0 aliphatic heterocycles. The van der Waals surface area contributed by atoms with Gasteiger partial charge in [-0.1, -0.05) is 30.3 Å². The molecular formula is C22H16FNO3. The predicted octanol–water partition coefficient (Wildman–Crippen LogP) is 5.39. The summed E-state index contributed by atoms with van der Waals surface area (Å²) in [5, 5.41) is 10.0. The fourth-order valence-corrected chi connectivity index (χ4v) is 3.14. The molecule has 1 aromatic heterocycles. The molecule has 2 N–H and O–H groups in total. The molecule has 3 aromatic carbocycles. The van der Waals surface area contributed by atoms with Crippen LogP contribution in [0.1, 0.15) is 5.56 Å². The summed E-state index contributed by atoms with van der Waals surface area (Å²) >= 11 is 0. The summed E-state index contributed by atoms with van der Waals surface area (Å²) in [5.74, 6) is -0.125. The first kappa shape index (κ1) is 16.8. The lowest BCUT2D eigenvalue weighted by Gasteiger charge is -2.06. The Hall–Kier alpha value is -3.60. The van der Waals surface area contributed by atoms with E-state index in [1.807, 2.05) is 36.4 Å². The van der Waals surface area contributed by atoms with Crippen LogP contribution in [0.2, 0.25) is 0 Å². The van der Waals surface area contributed by atoms with Crippen LogP contribution in [0.15, 0.2) is 72.8 Å². The number of fused-ring (bicyclic) bond motifs is 1. The summed E-state index contributed by atoms with van der Waals surface area (Å²) in [6.07, 6.45) is -0.224. The first-order chi connectivity index (χ1) is 13.1. The molecule has 0 spiro atoms. The van der Waals surface area contributed by atoms with E-state index in [1.54, 1.807) is 30.3 Å². The number of benzene rings is 3. The average Bonchev–Trinajstić information content (AvgIpc) is 3.00. The summed E-state index contributed by atoms with van der Waals surface area (Å²) < 4.78 is 20.1. The highest BCUT2D eigenvalue weighted by Gasteiger charge is 2.18. The van der Waals surface area contributed by atoms with Gasteiger partial charge in [-0.2, -0.15) is 0 Å². The Kier molecular flexibility index (Phi) is 4.34. The lowest BCUT2D eigenvalue weighted by molar-refractivity contribution is -0.136. The minimum atomic E-state index is -0.983. The maximum absolute atomic E-state index is 14.3. The fourth-order valence-electron chi connectivity index (χ4n) is 3.14. The Morgan fingerprint density at radius 1 is 0.963 bits per heavy atom. The topological polar surface area (TPSA) is 62.3 Å². The van der Waals surface area contributed by atoms with Crippen molar-refractivity contribution in [2.75, 3.05) is 0 Å². The lowest BCUT2D eigenvalue weighted by Crippen LogP contribution is -2.01. The van der Waals surface area contributed by atoms with Crippen molar-refractivity contribution in [1.29, 1.82) is 0 Å². The van der Waals surface area contributed by atoms with Crippen molar-refractivity contribution in [3.63, 3.8) is 0 Å². The second kappa shape index (κ2) is 6.96. The van der Waals surface area contributed by atoms with Gasteiger partial charge in [-0.15, -0.1) is 0 Å². The fraction of sp³-hybridized carbons (Fsp3) is 0.0455. The zero-order chi connectivity index (χ0) is 18.8. The van der Waals surface area contributed by atoms with Gasteiger partial charge in [0.2, 0.25) is 0 Å². The number of hydrogen-bond donors (Lipinski definition) is 2. The lowest BCUT2D eigenvalue weighted by atomic mass is 10.0. The largest absolute Gasteiger partial charge is 0.481 e. The van der Waals surface area contributed by atoms with E-state index in [2.05, 4.69) is 4.98 Å². The zero-order valence-electron chi connectivity index (χ0n) is 14.3. The molecule has 0 saturated carbocycles. The number of halogens is 1. The van der Waals surface area contributed by atoms with E-state index in [0.717, 1.165) is 5.52 Å². The van der Waals surface area contributed by atoms with E-state index < -0.39 is 11.8 Å². The molecule has 0 unspecified atom stereocenters. The summed E-state index contributed by atoms with van der Waals surface area (Å²) in [6.45, 7) is 0. The van der Waals surface area contributed by atoms with E-state index in [9.17, 15) is 14.3 Å². The molecule has 0 fully saturated rings. The number of para-hydroxylation sites is 1. The molecule has 0 saturated heterocycles. The number of nitrogens with one attached hydrogen (secondary N) is 1. The second-order valence-corrected chi connectivity index (χ2v) is 6.15. The second-order valence-electron chi connectivity index (χ2n) is 6.15. The van der Waals surface area contributed by atoms with Crippen molar-refractivity contribution < 1.29 is 19.0 Å². The van der Waals surface area contributed by atoms with Crippen LogP contribution in [-0.2, 0) is 11.2 Å². The standard InChI is InChI=1S/C22H16FNO3/c23-19-9-5-4-8-16(19)22-18(13-21(25)26)17-12-15(10-11-20(17)24-22)27-14-6-2-1-3-7-14/h1-12,24H,13H2,(H,25,26). The third-order valence-electron chi connectivity index (χ3n) is 4.33. The molecule has 4 nitrogen and oxygen atoms in total. The van der Waals surface area contributed by atoms with Gasteiger partial charge in [-0.3, -0.25) is 4.79 Å². The van der Waals surface area contributed by atoms with Gasteiger partial charge in [-0.25, -0.2) is 4.39 Å². The first-order valence-electron chi connectivity index (χ1n) is 8.46. The van der Waals surface area contributed by atoms with Crippen molar-refractivity contribution in [2.45, 2.75) is 6.42 Å². The molecule has 0 bridgehead atoms. The molecular weight excluding hydrogens is 345 g/mol. The highest BCUT2D eigenvalue weighted by Crippen LogP contribution is 2.35. The number of ether oxygens (including phenoxy) is 1. The minimum absolute atomic E-state index is 0.224. The molecule has 134 valence electrons. The van der Waals surface area contributed by atoms with Crippen LogP contribution < -0.4 is 4.74 Å². The number of carboxylic acid groups (broad SMARTS) is 1. The van der Waals surface area contributed by atoms with Gasteiger partial charge in [-0.05, 0) is 48.0 Å². The molecule has 0 aliphatic rings. The highest BCUT2D eigenvalue weighted by molar-refractivity contribution is 5.94. The summed E-state index contributed by atoms with van der Waals surface area (Å²) in [4.78, 5) is 14.6. The third kappa shape index (κ3) is 3.40. The van der Waals surface area contributed by atoms with Crippen molar-refractivity contribution >= 4 is 16.9 Å². The van der Waals surface area contributed by atoms with Gasteiger partial charge < -0.3 is 14.8 Å². The molecule has 27 heavy (non-hydrogen) atoms. The van der Waals surface area contributed by atoms with E-state index in [-0.39, 0.29) is 6.42 Å². The van der Waals surface area contributed by atoms with Crippen LogP contribution in [0.4, 0.5) is 4.39 Å². The van der Waals surface area contributed by atoms with Crippen LogP contribution in [-0.4, -0.2) is 16.1 Å². The molecule has 1 heterocycles. The van der Waals surface area contributed by atoms with E-state index >= 15 is 0 Å². The van der Waals surface area contributed by atoms with Gasteiger partial charge in [0.15, 0.2) is 0 Å². The Bertz CT molecular complexity index is 1120. The maximum atomic E-state index is 14.3. The van der Waals surface area contributed by atoms with Crippen molar-refractivity contribution in [3.05, 3.63) is 84.2 Å². The van der Waals surface area contributed by atoms with Crippen LogP contribution >= 0.6 is 0 Å². The van der Waals surface area contributed by atoms with Gasteiger partial charge in [0.1, 0.15) is 17.3 Å². The quantitative estimate of drug-likeness (QED) is 0.501. The normalized spacial score (nSPS) is 10.9. The third-order valence-corrected chi connectivity index (χ3v) is 4.33. The molecule has 0 atom stereocenters. The van der Waals surface area contributed by atoms with Crippen LogP contribution in [0, 0.1) is 5.82 Å². The van der Waals surface area contributed by atoms with Gasteiger partial charge in [0.25, 0.3) is 0 Å². The Morgan fingerprint density at radius 2 is 1.70 bits per heavy atom. The molecule has 0 aliphatic carbocycles. The molecule has 4 aromatic rings. The van der Waals surface area contributed by atoms with Crippen molar-refractivity contribution in [1.82, 2.24) is 4.98 Å². The smallest absolute Gasteiger partial charge is 0.307 e. The number of aromatic nitrogens is 1. The number of carboxylic acids is 1.